The molecule has 0 aliphatic rings. The normalized spacial score (nSPS) is 13.4. The van der Waals surface area contributed by atoms with Gasteiger partial charge in [0.1, 0.15) is 0 Å². The van der Waals surface area contributed by atoms with Gasteiger partial charge in [-0.05, 0) is 32.8 Å². The lowest BCUT2D eigenvalue weighted by molar-refractivity contribution is 0.633. The Kier molecular flexibility index (Phi) is 10.8. The van der Waals surface area contributed by atoms with Crippen LogP contribution in [0.15, 0.2) is 35.6 Å². The summed E-state index contributed by atoms with van der Waals surface area (Å²) in [5.41, 5.74) is 2.62. The second-order valence-corrected chi connectivity index (χ2v) is 4.36. The summed E-state index contributed by atoms with van der Waals surface area (Å²) in [6.45, 7) is 6.44. The van der Waals surface area contributed by atoms with E-state index in [0.29, 0.717) is 0 Å². The van der Waals surface area contributed by atoms with Gasteiger partial charge in [-0.3, -0.25) is 0 Å². The van der Waals surface area contributed by atoms with Crippen LogP contribution in [-0.4, -0.2) is 7.05 Å². The third kappa shape index (κ3) is 8.79. The molecule has 0 bridgehead atoms. The van der Waals surface area contributed by atoms with E-state index in [2.05, 4.69) is 50.4 Å². The summed E-state index contributed by atoms with van der Waals surface area (Å²) < 4.78 is 0. The van der Waals surface area contributed by atoms with E-state index in [1.54, 1.807) is 0 Å². The summed E-state index contributed by atoms with van der Waals surface area (Å²) in [6.07, 6.45) is 16.7. The van der Waals surface area contributed by atoms with Crippen LogP contribution in [0.4, 0.5) is 0 Å². The first kappa shape index (κ1) is 16.0. The first-order valence-corrected chi connectivity index (χ1v) is 6.95. The highest BCUT2D eigenvalue weighted by atomic mass is 14.8. The molecule has 1 nitrogen and oxygen atoms in total. The Morgan fingerprint density at radius 3 is 2.18 bits per heavy atom. The van der Waals surface area contributed by atoms with Gasteiger partial charge >= 0.3 is 0 Å². The van der Waals surface area contributed by atoms with Gasteiger partial charge in [0.05, 0.1) is 0 Å². The summed E-state index contributed by atoms with van der Waals surface area (Å²) in [7, 11) is 1.96. The standard InChI is InChI=1S/C16H29N/c1-5-8-9-10-11-12-15(6-2)13-14-16(7-3)17-4/h6-7,13-14,17H,5,8-12H2,1-4H3/b14-13-,15-6-,16-7+. The van der Waals surface area contributed by atoms with Crippen molar-refractivity contribution in [1.82, 2.24) is 5.32 Å². The molecule has 0 atom stereocenters. The zero-order valence-corrected chi connectivity index (χ0v) is 12.1. The molecule has 0 aliphatic carbocycles. The maximum absolute atomic E-state index is 3.16. The van der Waals surface area contributed by atoms with Crippen molar-refractivity contribution in [3.05, 3.63) is 35.6 Å². The van der Waals surface area contributed by atoms with Crippen molar-refractivity contribution in [2.45, 2.75) is 59.3 Å². The van der Waals surface area contributed by atoms with Gasteiger partial charge in [0.15, 0.2) is 0 Å². The van der Waals surface area contributed by atoms with Crippen LogP contribution < -0.4 is 5.32 Å². The Bertz CT molecular complexity index is 259. The van der Waals surface area contributed by atoms with Gasteiger partial charge < -0.3 is 5.32 Å². The number of hydrogen-bond acceptors (Lipinski definition) is 1. The van der Waals surface area contributed by atoms with Gasteiger partial charge in [-0.15, -0.1) is 0 Å². The molecule has 0 radical (unpaired) electrons. The molecular weight excluding hydrogens is 206 g/mol. The van der Waals surface area contributed by atoms with Crippen molar-refractivity contribution in [3.63, 3.8) is 0 Å². The molecular formula is C16H29N. The van der Waals surface area contributed by atoms with Crippen LogP contribution in [-0.2, 0) is 0 Å². The van der Waals surface area contributed by atoms with Crippen LogP contribution >= 0.6 is 0 Å². The summed E-state index contributed by atoms with van der Waals surface area (Å²) in [5, 5.41) is 3.16. The lowest BCUT2D eigenvalue weighted by Crippen LogP contribution is -2.02. The second kappa shape index (κ2) is 11.5. The van der Waals surface area contributed by atoms with Crippen LogP contribution in [0.3, 0.4) is 0 Å². The third-order valence-corrected chi connectivity index (χ3v) is 3.02. The molecule has 0 spiro atoms. The maximum atomic E-state index is 3.16. The van der Waals surface area contributed by atoms with E-state index < -0.39 is 0 Å². The number of hydrogen-bond donors (Lipinski definition) is 1. The fourth-order valence-electron chi connectivity index (χ4n) is 1.78. The molecule has 0 saturated carbocycles. The number of likely N-dealkylation sites (N-methyl/N-ethyl adjacent to an activating group) is 1. The van der Waals surface area contributed by atoms with Gasteiger partial charge in [-0.2, -0.15) is 0 Å². The van der Waals surface area contributed by atoms with E-state index in [1.807, 2.05) is 7.05 Å². The molecule has 0 amide bonds. The molecule has 0 saturated heterocycles. The fourth-order valence-corrected chi connectivity index (χ4v) is 1.78. The Morgan fingerprint density at radius 2 is 1.65 bits per heavy atom. The second-order valence-electron chi connectivity index (χ2n) is 4.36. The largest absolute Gasteiger partial charge is 0.388 e. The Balaban J connectivity index is 3.93. The van der Waals surface area contributed by atoms with Crippen LogP contribution in [0.25, 0.3) is 0 Å². The monoisotopic (exact) mass is 235 g/mol. The fraction of sp³-hybridized carbons (Fsp3) is 0.625. The highest BCUT2D eigenvalue weighted by Crippen LogP contribution is 2.12. The van der Waals surface area contributed by atoms with E-state index in [1.165, 1.54) is 49.8 Å². The first-order valence-electron chi connectivity index (χ1n) is 6.95. The smallest absolute Gasteiger partial charge is 0.0294 e. The van der Waals surface area contributed by atoms with Crippen molar-refractivity contribution >= 4 is 0 Å². The lowest BCUT2D eigenvalue weighted by Gasteiger charge is -2.03. The van der Waals surface area contributed by atoms with E-state index in [-0.39, 0.29) is 0 Å². The average molecular weight is 235 g/mol. The number of unbranched alkanes of at least 4 members (excludes halogenated alkanes) is 4. The molecule has 0 aromatic heterocycles. The summed E-state index contributed by atoms with van der Waals surface area (Å²) in [4.78, 5) is 0. The molecule has 0 aromatic rings. The van der Waals surface area contributed by atoms with Crippen LogP contribution in [0.1, 0.15) is 59.3 Å². The molecule has 1 N–H and O–H groups in total. The average Bonchev–Trinajstić information content (AvgIpc) is 2.37. The highest BCUT2D eigenvalue weighted by molar-refractivity contribution is 5.26. The summed E-state index contributed by atoms with van der Waals surface area (Å²) >= 11 is 0. The minimum absolute atomic E-state index is 1.18. The van der Waals surface area contributed by atoms with E-state index >= 15 is 0 Å². The molecule has 0 rings (SSSR count). The Hall–Kier alpha value is -0.980. The van der Waals surface area contributed by atoms with Crippen molar-refractivity contribution < 1.29 is 0 Å². The van der Waals surface area contributed by atoms with Crippen LogP contribution in [0.5, 0.6) is 0 Å². The molecule has 0 aromatic carbocycles. The first-order chi connectivity index (χ1) is 8.28. The third-order valence-electron chi connectivity index (χ3n) is 3.02. The number of allylic oxidation sites excluding steroid dienone is 5. The number of rotatable bonds is 9. The van der Waals surface area contributed by atoms with Crippen molar-refractivity contribution in [2.24, 2.45) is 0 Å². The Labute approximate surface area is 108 Å². The predicted molar refractivity (Wildman–Crippen MR) is 79.1 cm³/mol. The molecule has 0 fully saturated rings. The summed E-state index contributed by atoms with van der Waals surface area (Å²) in [5.74, 6) is 0. The van der Waals surface area contributed by atoms with Gasteiger partial charge in [-0.1, -0.05) is 56.4 Å². The van der Waals surface area contributed by atoms with E-state index in [9.17, 15) is 0 Å². The van der Waals surface area contributed by atoms with Gasteiger partial charge in [0, 0.05) is 12.7 Å². The zero-order valence-electron chi connectivity index (χ0n) is 12.1. The SMILES string of the molecule is C\C=C(/C=C\C(=C/C)NC)CCCCCCC. The van der Waals surface area contributed by atoms with Crippen molar-refractivity contribution in [3.8, 4) is 0 Å². The lowest BCUT2D eigenvalue weighted by atomic mass is 10.0. The minimum atomic E-state index is 1.18. The van der Waals surface area contributed by atoms with Crippen molar-refractivity contribution in [1.29, 1.82) is 0 Å². The van der Waals surface area contributed by atoms with E-state index in [0.717, 1.165) is 0 Å². The molecule has 98 valence electrons. The maximum Gasteiger partial charge on any atom is 0.0294 e. The van der Waals surface area contributed by atoms with E-state index in [4.69, 9.17) is 0 Å². The quantitative estimate of drug-likeness (QED) is 0.439. The predicted octanol–water partition coefficient (Wildman–Crippen LogP) is 4.97. The molecule has 0 heterocycles. The van der Waals surface area contributed by atoms with Gasteiger partial charge in [0.25, 0.3) is 0 Å². The topological polar surface area (TPSA) is 12.0 Å². The van der Waals surface area contributed by atoms with Crippen molar-refractivity contribution in [2.75, 3.05) is 7.05 Å². The number of nitrogens with one attached hydrogen (secondary N) is 1. The summed E-state index contributed by atoms with van der Waals surface area (Å²) in [6, 6.07) is 0. The zero-order chi connectivity index (χ0) is 12.9. The Morgan fingerprint density at radius 1 is 0.941 bits per heavy atom. The molecule has 0 unspecified atom stereocenters. The van der Waals surface area contributed by atoms with Gasteiger partial charge in [0.2, 0.25) is 0 Å². The molecule has 17 heavy (non-hydrogen) atoms. The highest BCUT2D eigenvalue weighted by Gasteiger charge is 1.93. The van der Waals surface area contributed by atoms with Crippen LogP contribution in [0, 0.1) is 0 Å². The molecule has 0 aliphatic heterocycles. The van der Waals surface area contributed by atoms with Gasteiger partial charge in [-0.25, -0.2) is 0 Å². The minimum Gasteiger partial charge on any atom is -0.388 e. The molecule has 1 heteroatoms. The van der Waals surface area contributed by atoms with Crippen LogP contribution in [0.2, 0.25) is 0 Å².